The van der Waals surface area contributed by atoms with Crippen LogP contribution >= 0.6 is 11.8 Å². The predicted molar refractivity (Wildman–Crippen MR) is 144 cm³/mol. The molecule has 36 heavy (non-hydrogen) atoms. The lowest BCUT2D eigenvalue weighted by Gasteiger charge is -2.42. The number of aryl methyl sites for hydroxylation is 1. The molecule has 0 saturated carbocycles. The van der Waals surface area contributed by atoms with E-state index in [0.717, 1.165) is 51.9 Å². The first-order valence-electron chi connectivity index (χ1n) is 11.9. The zero-order chi connectivity index (χ0) is 24.8. The number of fused-ring (bicyclic) bond motifs is 1. The molecule has 0 N–H and O–H groups in total. The minimum atomic E-state index is -0.250. The van der Waals surface area contributed by atoms with Crippen molar-refractivity contribution in [1.82, 2.24) is 9.80 Å². The SMILES string of the molecule is Cc1ccc(C2=CSC3=NC4=C(CN(C)C/C4=C\c4ccc(F)cc4)C(c4ccc(F)cc4)N23)cc1. The maximum atomic E-state index is 13.9. The fourth-order valence-corrected chi connectivity index (χ4v) is 5.99. The van der Waals surface area contributed by atoms with Crippen LogP contribution in [0.15, 0.2) is 100 Å². The van der Waals surface area contributed by atoms with Crippen molar-refractivity contribution in [3.05, 3.63) is 129 Å². The Kier molecular flexibility index (Phi) is 5.86. The Hall–Kier alpha value is -3.48. The van der Waals surface area contributed by atoms with Crippen LogP contribution in [-0.4, -0.2) is 35.1 Å². The highest BCUT2D eigenvalue weighted by Crippen LogP contribution is 2.49. The lowest BCUT2D eigenvalue weighted by atomic mass is 9.88. The monoisotopic (exact) mass is 497 g/mol. The molecule has 0 fully saturated rings. The Morgan fingerprint density at radius 3 is 2.25 bits per heavy atom. The molecule has 1 atom stereocenters. The molecular weight excluding hydrogens is 472 g/mol. The number of likely N-dealkylation sites (N-methyl/N-ethyl adjacent to an activating group) is 1. The molecule has 6 heteroatoms. The summed E-state index contributed by atoms with van der Waals surface area (Å²) in [5.74, 6) is -0.500. The molecule has 0 bridgehead atoms. The Labute approximate surface area is 214 Å². The fourth-order valence-electron chi connectivity index (χ4n) is 5.06. The van der Waals surface area contributed by atoms with Gasteiger partial charge in [0.05, 0.1) is 17.4 Å². The van der Waals surface area contributed by atoms with Gasteiger partial charge in [0.2, 0.25) is 0 Å². The van der Waals surface area contributed by atoms with Gasteiger partial charge in [0.1, 0.15) is 11.6 Å². The third kappa shape index (κ3) is 4.21. The van der Waals surface area contributed by atoms with Gasteiger partial charge in [0.25, 0.3) is 0 Å². The quantitative estimate of drug-likeness (QED) is 0.388. The lowest BCUT2D eigenvalue weighted by Crippen LogP contribution is -2.40. The second kappa shape index (κ2) is 9.19. The molecule has 3 aliphatic rings. The summed E-state index contributed by atoms with van der Waals surface area (Å²) in [5, 5.41) is 3.07. The average Bonchev–Trinajstić information content (AvgIpc) is 3.29. The van der Waals surface area contributed by atoms with E-state index in [1.165, 1.54) is 35.4 Å². The molecule has 3 heterocycles. The molecule has 1 unspecified atom stereocenters. The van der Waals surface area contributed by atoms with Crippen LogP contribution in [0.5, 0.6) is 0 Å². The summed E-state index contributed by atoms with van der Waals surface area (Å²) in [6.45, 7) is 3.57. The third-order valence-electron chi connectivity index (χ3n) is 6.77. The number of aliphatic imine (C=N–C) groups is 1. The number of halogens is 2. The Balaban J connectivity index is 1.50. The highest BCUT2D eigenvalue weighted by molar-refractivity contribution is 8.16. The molecule has 3 aromatic carbocycles. The van der Waals surface area contributed by atoms with Crippen molar-refractivity contribution in [1.29, 1.82) is 0 Å². The Morgan fingerprint density at radius 2 is 1.56 bits per heavy atom. The largest absolute Gasteiger partial charge is 0.308 e. The second-order valence-electron chi connectivity index (χ2n) is 9.47. The van der Waals surface area contributed by atoms with E-state index in [0.29, 0.717) is 0 Å². The maximum absolute atomic E-state index is 13.9. The molecule has 3 aliphatic heterocycles. The minimum Gasteiger partial charge on any atom is -0.308 e. The van der Waals surface area contributed by atoms with Crippen molar-refractivity contribution >= 4 is 28.7 Å². The van der Waals surface area contributed by atoms with Gasteiger partial charge in [-0.2, -0.15) is 0 Å². The van der Waals surface area contributed by atoms with E-state index < -0.39 is 0 Å². The van der Waals surface area contributed by atoms with Crippen LogP contribution in [0.4, 0.5) is 8.78 Å². The zero-order valence-corrected chi connectivity index (χ0v) is 20.9. The van der Waals surface area contributed by atoms with Gasteiger partial charge in [-0.25, -0.2) is 13.8 Å². The van der Waals surface area contributed by atoms with Crippen LogP contribution in [-0.2, 0) is 0 Å². The van der Waals surface area contributed by atoms with Gasteiger partial charge >= 0.3 is 0 Å². The Morgan fingerprint density at radius 1 is 0.889 bits per heavy atom. The third-order valence-corrected chi connectivity index (χ3v) is 7.61. The number of thioether (sulfide) groups is 1. The molecule has 0 spiro atoms. The molecule has 0 amide bonds. The molecule has 0 aliphatic carbocycles. The number of nitrogens with zero attached hydrogens (tertiary/aromatic N) is 3. The van der Waals surface area contributed by atoms with Crippen molar-refractivity contribution in [2.75, 3.05) is 20.1 Å². The van der Waals surface area contributed by atoms with Crippen LogP contribution in [0.2, 0.25) is 0 Å². The van der Waals surface area contributed by atoms with E-state index in [2.05, 4.69) is 59.5 Å². The summed E-state index contributed by atoms with van der Waals surface area (Å²) in [7, 11) is 2.10. The molecule has 180 valence electrons. The van der Waals surface area contributed by atoms with E-state index in [1.54, 1.807) is 23.9 Å². The first-order valence-corrected chi connectivity index (χ1v) is 12.8. The number of hydrogen-bond donors (Lipinski definition) is 0. The summed E-state index contributed by atoms with van der Waals surface area (Å²) in [6, 6.07) is 21.8. The minimum absolute atomic E-state index is 0.116. The van der Waals surface area contributed by atoms with Crippen molar-refractivity contribution in [2.45, 2.75) is 13.0 Å². The molecule has 6 rings (SSSR count). The summed E-state index contributed by atoms with van der Waals surface area (Å²) in [6.07, 6.45) is 2.10. The zero-order valence-electron chi connectivity index (χ0n) is 20.1. The van der Waals surface area contributed by atoms with Gasteiger partial charge in [-0.1, -0.05) is 65.9 Å². The van der Waals surface area contributed by atoms with Gasteiger partial charge in [0, 0.05) is 18.5 Å². The van der Waals surface area contributed by atoms with Gasteiger partial charge < -0.3 is 4.90 Å². The average molecular weight is 498 g/mol. The maximum Gasteiger partial charge on any atom is 0.174 e. The predicted octanol–water partition coefficient (Wildman–Crippen LogP) is 7.01. The highest BCUT2D eigenvalue weighted by atomic mass is 32.2. The number of rotatable bonds is 3. The normalized spacial score (nSPS) is 20.8. The smallest absolute Gasteiger partial charge is 0.174 e. The number of benzene rings is 3. The van der Waals surface area contributed by atoms with Crippen molar-refractivity contribution in [3.8, 4) is 0 Å². The van der Waals surface area contributed by atoms with E-state index in [-0.39, 0.29) is 17.7 Å². The van der Waals surface area contributed by atoms with Crippen LogP contribution in [0.3, 0.4) is 0 Å². The van der Waals surface area contributed by atoms with Crippen LogP contribution in [0.25, 0.3) is 11.8 Å². The van der Waals surface area contributed by atoms with Crippen LogP contribution in [0.1, 0.15) is 28.3 Å². The summed E-state index contributed by atoms with van der Waals surface area (Å²) < 4.78 is 27.4. The van der Waals surface area contributed by atoms with Gasteiger partial charge in [0.15, 0.2) is 5.17 Å². The first-order chi connectivity index (χ1) is 17.5. The number of amidine groups is 1. The van der Waals surface area contributed by atoms with E-state index >= 15 is 0 Å². The topological polar surface area (TPSA) is 18.8 Å². The first kappa shape index (κ1) is 23.0. The lowest BCUT2D eigenvalue weighted by molar-refractivity contribution is 0.344. The van der Waals surface area contributed by atoms with Gasteiger partial charge in [-0.3, -0.25) is 4.90 Å². The van der Waals surface area contributed by atoms with Crippen LogP contribution in [0, 0.1) is 18.6 Å². The van der Waals surface area contributed by atoms with E-state index in [4.69, 9.17) is 4.99 Å². The number of hydrogen-bond acceptors (Lipinski definition) is 4. The molecule has 0 saturated heterocycles. The van der Waals surface area contributed by atoms with Crippen molar-refractivity contribution in [2.24, 2.45) is 4.99 Å². The summed E-state index contributed by atoms with van der Waals surface area (Å²) in [5.41, 5.74) is 8.63. The summed E-state index contributed by atoms with van der Waals surface area (Å²) >= 11 is 1.62. The van der Waals surface area contributed by atoms with Crippen LogP contribution < -0.4 is 0 Å². The highest BCUT2D eigenvalue weighted by Gasteiger charge is 2.41. The van der Waals surface area contributed by atoms with E-state index in [9.17, 15) is 8.78 Å². The molecule has 0 aromatic heterocycles. The fraction of sp³-hybridized carbons (Fsp3) is 0.167. The second-order valence-corrected chi connectivity index (χ2v) is 10.3. The molecule has 3 nitrogen and oxygen atoms in total. The standard InChI is InChI=1S/C30H25F2N3S/c1-19-3-7-21(8-4-19)27-18-36-30-33-28-23(15-20-5-11-24(31)12-6-20)16-34(2)17-26(28)29(35(27)30)22-9-13-25(32)14-10-22/h3-15,18,29H,16-17H2,1-2H3/b23-15+. The molecule has 3 aromatic rings. The Bertz CT molecular complexity index is 1440. The van der Waals surface area contributed by atoms with Crippen molar-refractivity contribution in [3.63, 3.8) is 0 Å². The van der Waals surface area contributed by atoms with Crippen molar-refractivity contribution < 1.29 is 8.78 Å². The summed E-state index contributed by atoms with van der Waals surface area (Å²) in [4.78, 5) is 9.73. The molecular formula is C30H25F2N3S. The van der Waals surface area contributed by atoms with Gasteiger partial charge in [-0.15, -0.1) is 0 Å². The van der Waals surface area contributed by atoms with Gasteiger partial charge in [-0.05, 0) is 72.1 Å². The van der Waals surface area contributed by atoms with E-state index in [1.807, 2.05) is 12.1 Å². The molecule has 0 radical (unpaired) electrons.